The summed E-state index contributed by atoms with van der Waals surface area (Å²) in [7, 11) is 3.99. The zero-order valence-corrected chi connectivity index (χ0v) is 12.1. The van der Waals surface area contributed by atoms with Gasteiger partial charge in [0.2, 0.25) is 0 Å². The van der Waals surface area contributed by atoms with Crippen LogP contribution in [0.4, 0.5) is 11.6 Å². The van der Waals surface area contributed by atoms with Crippen molar-refractivity contribution in [1.82, 2.24) is 9.97 Å². The van der Waals surface area contributed by atoms with Gasteiger partial charge in [-0.15, -0.1) is 11.3 Å². The predicted octanol–water partition coefficient (Wildman–Crippen LogP) is 3.09. The van der Waals surface area contributed by atoms with Crippen molar-refractivity contribution in [3.63, 3.8) is 0 Å². The lowest BCUT2D eigenvalue weighted by atomic mass is 10.3. The first-order valence-electron chi connectivity index (χ1n) is 6.56. The van der Waals surface area contributed by atoms with Gasteiger partial charge >= 0.3 is 0 Å². The molecule has 0 saturated heterocycles. The molecule has 0 amide bonds. The van der Waals surface area contributed by atoms with Crippen molar-refractivity contribution in [2.24, 2.45) is 0 Å². The summed E-state index contributed by atoms with van der Waals surface area (Å²) in [5.74, 6) is 3.46. The molecule has 2 heterocycles. The van der Waals surface area contributed by atoms with Crippen molar-refractivity contribution in [3.05, 3.63) is 34.3 Å². The second-order valence-electron chi connectivity index (χ2n) is 4.93. The summed E-state index contributed by atoms with van der Waals surface area (Å²) in [6.45, 7) is 0.891. The summed E-state index contributed by atoms with van der Waals surface area (Å²) in [4.78, 5) is 12.8. The summed E-state index contributed by atoms with van der Waals surface area (Å²) in [6.07, 6.45) is 2.45. The molecule has 1 N–H and O–H groups in total. The molecule has 0 atom stereocenters. The number of nitrogens with zero attached hydrogens (tertiary/aromatic N) is 3. The van der Waals surface area contributed by atoms with E-state index in [2.05, 4.69) is 39.8 Å². The van der Waals surface area contributed by atoms with Gasteiger partial charge in [0.25, 0.3) is 0 Å². The third kappa shape index (κ3) is 2.87. The van der Waals surface area contributed by atoms with Gasteiger partial charge in [0.15, 0.2) is 0 Å². The minimum atomic E-state index is 0.571. The number of nitrogens with one attached hydrogen (secondary N) is 1. The van der Waals surface area contributed by atoms with Gasteiger partial charge in [-0.25, -0.2) is 9.97 Å². The van der Waals surface area contributed by atoms with E-state index >= 15 is 0 Å². The van der Waals surface area contributed by atoms with E-state index in [1.807, 2.05) is 13.1 Å². The van der Waals surface area contributed by atoms with Crippen LogP contribution in [0, 0.1) is 0 Å². The molecule has 1 aliphatic carbocycles. The summed E-state index contributed by atoms with van der Waals surface area (Å²) in [5.41, 5.74) is 0. The largest absolute Gasteiger partial charge is 0.373 e. The molecule has 0 radical (unpaired) electrons. The minimum Gasteiger partial charge on any atom is -0.373 e. The quantitative estimate of drug-likeness (QED) is 0.909. The number of aromatic nitrogens is 2. The summed E-state index contributed by atoms with van der Waals surface area (Å²) in [5, 5.41) is 5.24. The van der Waals surface area contributed by atoms with Crippen LogP contribution >= 0.6 is 11.3 Å². The predicted molar refractivity (Wildman–Crippen MR) is 80.0 cm³/mol. The number of rotatable bonds is 5. The monoisotopic (exact) mass is 274 g/mol. The molecule has 19 heavy (non-hydrogen) atoms. The molecule has 1 saturated carbocycles. The molecule has 4 nitrogen and oxygen atoms in total. The molecule has 0 unspecified atom stereocenters. The smallest absolute Gasteiger partial charge is 0.136 e. The second kappa shape index (κ2) is 5.17. The van der Waals surface area contributed by atoms with Crippen LogP contribution in [0.2, 0.25) is 0 Å². The Balaban J connectivity index is 1.83. The Morgan fingerprint density at radius 2 is 2.26 bits per heavy atom. The molecule has 0 bridgehead atoms. The van der Waals surface area contributed by atoms with Crippen LogP contribution in [0.1, 0.15) is 29.5 Å². The Hall–Kier alpha value is -1.62. The van der Waals surface area contributed by atoms with Crippen molar-refractivity contribution >= 4 is 23.0 Å². The van der Waals surface area contributed by atoms with Crippen molar-refractivity contribution in [1.29, 1.82) is 0 Å². The van der Waals surface area contributed by atoms with Crippen LogP contribution in [0.3, 0.4) is 0 Å². The van der Waals surface area contributed by atoms with E-state index in [1.54, 1.807) is 11.3 Å². The highest BCUT2D eigenvalue weighted by molar-refractivity contribution is 7.09. The second-order valence-corrected chi connectivity index (χ2v) is 5.96. The fourth-order valence-corrected chi connectivity index (χ4v) is 2.77. The van der Waals surface area contributed by atoms with Gasteiger partial charge in [0.1, 0.15) is 17.5 Å². The van der Waals surface area contributed by atoms with E-state index in [4.69, 9.17) is 4.98 Å². The van der Waals surface area contributed by atoms with E-state index in [0.717, 1.165) is 24.0 Å². The molecule has 1 aliphatic rings. The molecule has 0 aromatic carbocycles. The Labute approximate surface area is 117 Å². The molecular weight excluding hydrogens is 256 g/mol. The number of hydrogen-bond acceptors (Lipinski definition) is 5. The van der Waals surface area contributed by atoms with Gasteiger partial charge in [0, 0.05) is 31.0 Å². The number of hydrogen-bond donors (Lipinski definition) is 1. The Morgan fingerprint density at radius 1 is 1.42 bits per heavy atom. The van der Waals surface area contributed by atoms with Crippen LogP contribution in [0.15, 0.2) is 23.6 Å². The maximum Gasteiger partial charge on any atom is 0.136 e. The lowest BCUT2D eigenvalue weighted by molar-refractivity contribution is 0.862. The summed E-state index contributed by atoms with van der Waals surface area (Å²) in [6, 6.07) is 6.26. The standard InChI is InChI=1S/C14H18N4S/c1-15-12-8-13(17-14(16-12)10-5-6-10)18(2)9-11-4-3-7-19-11/h3-4,7-8,10H,5-6,9H2,1-2H3,(H,15,16,17). The zero-order chi connectivity index (χ0) is 13.2. The molecule has 5 heteroatoms. The topological polar surface area (TPSA) is 41.0 Å². The van der Waals surface area contributed by atoms with Crippen molar-refractivity contribution in [2.75, 3.05) is 24.3 Å². The first kappa shape index (κ1) is 12.4. The van der Waals surface area contributed by atoms with E-state index in [9.17, 15) is 0 Å². The van der Waals surface area contributed by atoms with Crippen LogP contribution in [-0.4, -0.2) is 24.1 Å². The molecule has 3 rings (SSSR count). The lowest BCUT2D eigenvalue weighted by Crippen LogP contribution is -2.18. The highest BCUT2D eigenvalue weighted by Crippen LogP contribution is 2.39. The maximum absolute atomic E-state index is 4.70. The molecule has 0 aliphatic heterocycles. The highest BCUT2D eigenvalue weighted by Gasteiger charge is 2.27. The SMILES string of the molecule is CNc1cc(N(C)Cc2cccs2)nc(C2CC2)n1. The Morgan fingerprint density at radius 3 is 2.89 bits per heavy atom. The van der Waals surface area contributed by atoms with Crippen LogP contribution < -0.4 is 10.2 Å². The van der Waals surface area contributed by atoms with E-state index in [0.29, 0.717) is 5.92 Å². The normalized spacial score (nSPS) is 14.4. The molecule has 0 spiro atoms. The van der Waals surface area contributed by atoms with Gasteiger partial charge in [-0.05, 0) is 24.3 Å². The average molecular weight is 274 g/mol. The van der Waals surface area contributed by atoms with Crippen molar-refractivity contribution in [2.45, 2.75) is 25.3 Å². The molecule has 100 valence electrons. The van der Waals surface area contributed by atoms with Gasteiger partial charge in [-0.3, -0.25) is 0 Å². The van der Waals surface area contributed by atoms with Gasteiger partial charge in [-0.1, -0.05) is 6.07 Å². The fourth-order valence-electron chi connectivity index (χ4n) is 2.02. The molecule has 2 aromatic heterocycles. The Bertz CT molecular complexity index is 549. The first-order chi connectivity index (χ1) is 9.26. The average Bonchev–Trinajstić information content (AvgIpc) is 3.17. The number of thiophene rings is 1. The Kier molecular flexibility index (Phi) is 3.38. The van der Waals surface area contributed by atoms with E-state index < -0.39 is 0 Å². The third-order valence-electron chi connectivity index (χ3n) is 3.29. The van der Waals surface area contributed by atoms with Crippen LogP contribution in [0.25, 0.3) is 0 Å². The third-order valence-corrected chi connectivity index (χ3v) is 4.15. The van der Waals surface area contributed by atoms with Crippen LogP contribution in [-0.2, 0) is 6.54 Å². The first-order valence-corrected chi connectivity index (χ1v) is 7.44. The molecule has 2 aromatic rings. The van der Waals surface area contributed by atoms with E-state index in [1.165, 1.54) is 17.7 Å². The molecular formula is C14H18N4S. The number of anilines is 2. The van der Waals surface area contributed by atoms with Gasteiger partial charge in [-0.2, -0.15) is 0 Å². The van der Waals surface area contributed by atoms with E-state index in [-0.39, 0.29) is 0 Å². The fraction of sp³-hybridized carbons (Fsp3) is 0.429. The van der Waals surface area contributed by atoms with Gasteiger partial charge < -0.3 is 10.2 Å². The van der Waals surface area contributed by atoms with Gasteiger partial charge in [0.05, 0.1) is 6.54 Å². The minimum absolute atomic E-state index is 0.571. The van der Waals surface area contributed by atoms with Crippen LogP contribution in [0.5, 0.6) is 0 Å². The lowest BCUT2D eigenvalue weighted by Gasteiger charge is -2.18. The van der Waals surface area contributed by atoms with Crippen molar-refractivity contribution < 1.29 is 0 Å². The summed E-state index contributed by atoms with van der Waals surface area (Å²) < 4.78 is 0. The highest BCUT2D eigenvalue weighted by atomic mass is 32.1. The van der Waals surface area contributed by atoms with Crippen molar-refractivity contribution in [3.8, 4) is 0 Å². The summed E-state index contributed by atoms with van der Waals surface area (Å²) >= 11 is 1.78. The molecule has 1 fully saturated rings. The maximum atomic E-state index is 4.70. The zero-order valence-electron chi connectivity index (χ0n) is 11.3.